The summed E-state index contributed by atoms with van der Waals surface area (Å²) in [4.78, 5) is 0. The predicted molar refractivity (Wildman–Crippen MR) is 60.0 cm³/mol. The Balaban J connectivity index is 2.16. The summed E-state index contributed by atoms with van der Waals surface area (Å²) < 4.78 is 6.72. The molecule has 1 N–H and O–H groups in total. The molecule has 86 valence electrons. The number of aryl methyl sites for hydroxylation is 2. The molecule has 0 saturated carbocycles. The van der Waals surface area contributed by atoms with Crippen LogP contribution in [0.2, 0.25) is 0 Å². The average molecular weight is 220 g/mol. The van der Waals surface area contributed by atoms with E-state index in [2.05, 4.69) is 5.10 Å². The zero-order chi connectivity index (χ0) is 11.5. The standard InChI is InChI=1S/C12H16N2O2/c1-3-11-10(7-14(2)13-11)12(15)6-9-4-5-16-8-9/h4-5,7-8,12,15H,3,6H2,1-2H3. The Morgan fingerprint density at radius 3 is 3.00 bits per heavy atom. The highest BCUT2D eigenvalue weighted by Crippen LogP contribution is 2.21. The summed E-state index contributed by atoms with van der Waals surface area (Å²) >= 11 is 0. The summed E-state index contributed by atoms with van der Waals surface area (Å²) in [6.07, 6.45) is 6.04. The SMILES string of the molecule is CCc1nn(C)cc1C(O)Cc1ccoc1. The van der Waals surface area contributed by atoms with E-state index in [-0.39, 0.29) is 0 Å². The maximum atomic E-state index is 10.1. The van der Waals surface area contributed by atoms with Gasteiger partial charge in [0.1, 0.15) is 0 Å². The van der Waals surface area contributed by atoms with Crippen LogP contribution in [0, 0.1) is 0 Å². The molecule has 4 heteroatoms. The molecular formula is C12H16N2O2. The van der Waals surface area contributed by atoms with E-state index in [9.17, 15) is 5.11 Å². The minimum atomic E-state index is -0.513. The summed E-state index contributed by atoms with van der Waals surface area (Å²) in [5.41, 5.74) is 2.86. The number of rotatable bonds is 4. The van der Waals surface area contributed by atoms with Crippen molar-refractivity contribution in [3.8, 4) is 0 Å². The largest absolute Gasteiger partial charge is 0.472 e. The van der Waals surface area contributed by atoms with E-state index >= 15 is 0 Å². The van der Waals surface area contributed by atoms with Crippen molar-refractivity contribution in [2.75, 3.05) is 0 Å². The van der Waals surface area contributed by atoms with E-state index < -0.39 is 6.10 Å². The van der Waals surface area contributed by atoms with Gasteiger partial charge < -0.3 is 9.52 Å². The van der Waals surface area contributed by atoms with Crippen molar-refractivity contribution in [1.82, 2.24) is 9.78 Å². The smallest absolute Gasteiger partial charge is 0.0935 e. The van der Waals surface area contributed by atoms with Crippen LogP contribution in [0.4, 0.5) is 0 Å². The number of aliphatic hydroxyl groups is 1. The monoisotopic (exact) mass is 220 g/mol. The lowest BCUT2D eigenvalue weighted by Gasteiger charge is -2.08. The van der Waals surface area contributed by atoms with Crippen molar-refractivity contribution in [2.45, 2.75) is 25.9 Å². The molecule has 0 aliphatic heterocycles. The fourth-order valence-electron chi connectivity index (χ4n) is 1.85. The fourth-order valence-corrected chi connectivity index (χ4v) is 1.85. The number of nitrogens with zero attached hydrogens (tertiary/aromatic N) is 2. The van der Waals surface area contributed by atoms with Gasteiger partial charge in [0.2, 0.25) is 0 Å². The minimum Gasteiger partial charge on any atom is -0.472 e. The van der Waals surface area contributed by atoms with Gasteiger partial charge in [-0.15, -0.1) is 0 Å². The topological polar surface area (TPSA) is 51.2 Å². The summed E-state index contributed by atoms with van der Waals surface area (Å²) in [7, 11) is 1.87. The summed E-state index contributed by atoms with van der Waals surface area (Å²) in [5.74, 6) is 0. The van der Waals surface area contributed by atoms with E-state index in [0.717, 1.165) is 23.2 Å². The van der Waals surface area contributed by atoms with Gasteiger partial charge in [0, 0.05) is 25.2 Å². The average Bonchev–Trinajstić information content (AvgIpc) is 2.86. The molecule has 0 saturated heterocycles. The van der Waals surface area contributed by atoms with Crippen LogP contribution in [0.25, 0.3) is 0 Å². The molecule has 1 unspecified atom stereocenters. The highest BCUT2D eigenvalue weighted by atomic mass is 16.3. The highest BCUT2D eigenvalue weighted by molar-refractivity contribution is 5.22. The van der Waals surface area contributed by atoms with Gasteiger partial charge >= 0.3 is 0 Å². The number of hydrogen-bond donors (Lipinski definition) is 1. The Labute approximate surface area is 94.5 Å². The first-order valence-electron chi connectivity index (χ1n) is 5.42. The Bertz CT molecular complexity index is 446. The van der Waals surface area contributed by atoms with Crippen molar-refractivity contribution in [1.29, 1.82) is 0 Å². The van der Waals surface area contributed by atoms with Gasteiger partial charge in [0.15, 0.2) is 0 Å². The molecule has 2 aromatic heterocycles. The molecule has 2 rings (SSSR count). The van der Waals surface area contributed by atoms with E-state index in [4.69, 9.17) is 4.42 Å². The summed E-state index contributed by atoms with van der Waals surface area (Å²) in [6.45, 7) is 2.04. The van der Waals surface area contributed by atoms with E-state index in [1.54, 1.807) is 17.2 Å². The van der Waals surface area contributed by atoms with Gasteiger partial charge in [-0.2, -0.15) is 5.10 Å². The van der Waals surface area contributed by atoms with E-state index in [0.29, 0.717) is 6.42 Å². The Morgan fingerprint density at radius 2 is 2.38 bits per heavy atom. The van der Waals surface area contributed by atoms with Crippen LogP contribution in [-0.2, 0) is 19.9 Å². The maximum Gasteiger partial charge on any atom is 0.0935 e. The number of furan rings is 1. The molecule has 16 heavy (non-hydrogen) atoms. The molecule has 0 spiro atoms. The second-order valence-corrected chi connectivity index (χ2v) is 3.91. The molecule has 0 aliphatic carbocycles. The van der Waals surface area contributed by atoms with Gasteiger partial charge in [-0.25, -0.2) is 0 Å². The van der Waals surface area contributed by atoms with Gasteiger partial charge in [0.05, 0.1) is 24.3 Å². The van der Waals surface area contributed by atoms with Crippen molar-refractivity contribution < 1.29 is 9.52 Å². The van der Waals surface area contributed by atoms with E-state index in [1.165, 1.54) is 0 Å². The lowest BCUT2D eigenvalue weighted by Crippen LogP contribution is -2.02. The molecule has 0 aromatic carbocycles. The number of aromatic nitrogens is 2. The van der Waals surface area contributed by atoms with Crippen LogP contribution in [-0.4, -0.2) is 14.9 Å². The maximum absolute atomic E-state index is 10.1. The second-order valence-electron chi connectivity index (χ2n) is 3.91. The van der Waals surface area contributed by atoms with Crippen molar-refractivity contribution >= 4 is 0 Å². The Morgan fingerprint density at radius 1 is 1.56 bits per heavy atom. The van der Waals surface area contributed by atoms with Crippen molar-refractivity contribution in [2.24, 2.45) is 7.05 Å². The number of aliphatic hydroxyl groups excluding tert-OH is 1. The zero-order valence-electron chi connectivity index (χ0n) is 9.55. The third kappa shape index (κ3) is 2.17. The van der Waals surface area contributed by atoms with Crippen LogP contribution < -0.4 is 0 Å². The third-order valence-electron chi connectivity index (χ3n) is 2.64. The molecule has 0 fully saturated rings. The molecule has 0 amide bonds. The molecule has 1 atom stereocenters. The lowest BCUT2D eigenvalue weighted by atomic mass is 10.0. The molecule has 0 bridgehead atoms. The summed E-state index contributed by atoms with van der Waals surface area (Å²) in [5, 5.41) is 14.4. The molecule has 2 aromatic rings. The van der Waals surface area contributed by atoms with Crippen LogP contribution in [0.1, 0.15) is 29.8 Å². The minimum absolute atomic E-state index is 0.513. The zero-order valence-corrected chi connectivity index (χ0v) is 9.55. The third-order valence-corrected chi connectivity index (χ3v) is 2.64. The molecule has 2 heterocycles. The van der Waals surface area contributed by atoms with Crippen LogP contribution in [0.3, 0.4) is 0 Å². The van der Waals surface area contributed by atoms with Crippen LogP contribution >= 0.6 is 0 Å². The second kappa shape index (κ2) is 4.53. The first kappa shape index (κ1) is 11.0. The lowest BCUT2D eigenvalue weighted by molar-refractivity contribution is 0.177. The molecule has 0 radical (unpaired) electrons. The quantitative estimate of drug-likeness (QED) is 0.855. The Kier molecular flexibility index (Phi) is 3.10. The van der Waals surface area contributed by atoms with Crippen molar-refractivity contribution in [3.63, 3.8) is 0 Å². The molecule has 0 aliphatic rings. The Hall–Kier alpha value is -1.55. The van der Waals surface area contributed by atoms with Crippen LogP contribution in [0.15, 0.2) is 29.2 Å². The highest BCUT2D eigenvalue weighted by Gasteiger charge is 2.15. The van der Waals surface area contributed by atoms with Gasteiger partial charge in [-0.3, -0.25) is 4.68 Å². The summed E-state index contributed by atoms with van der Waals surface area (Å²) in [6, 6.07) is 1.87. The first-order valence-corrected chi connectivity index (χ1v) is 5.42. The van der Waals surface area contributed by atoms with E-state index in [1.807, 2.05) is 26.2 Å². The molecular weight excluding hydrogens is 204 g/mol. The fraction of sp³-hybridized carbons (Fsp3) is 0.417. The van der Waals surface area contributed by atoms with Crippen molar-refractivity contribution in [3.05, 3.63) is 41.6 Å². The predicted octanol–water partition coefficient (Wildman–Crippen LogP) is 1.85. The number of hydrogen-bond acceptors (Lipinski definition) is 3. The molecule has 4 nitrogen and oxygen atoms in total. The first-order chi connectivity index (χ1) is 7.70. The van der Waals surface area contributed by atoms with Gasteiger partial charge in [-0.05, 0) is 18.1 Å². The van der Waals surface area contributed by atoms with Crippen LogP contribution in [0.5, 0.6) is 0 Å². The normalized spacial score (nSPS) is 12.9. The van der Waals surface area contributed by atoms with Gasteiger partial charge in [0.25, 0.3) is 0 Å². The van der Waals surface area contributed by atoms with Gasteiger partial charge in [-0.1, -0.05) is 6.92 Å².